The Morgan fingerprint density at radius 1 is 1.08 bits per heavy atom. The van der Waals surface area contributed by atoms with Gasteiger partial charge >= 0.3 is 0 Å². The molecule has 0 saturated heterocycles. The standard InChI is InChI=1S/C21H21NO2S/c1-3-24-19-7-4-6-17(14-19)21(23)22(15-20-8-5-13-25-20)18-11-9-16(2)10-12-18/h4-14H,3,15H2,1-2H3. The van der Waals surface area contributed by atoms with Crippen molar-refractivity contribution in [1.82, 2.24) is 0 Å². The minimum atomic E-state index is -0.0289. The third-order valence-corrected chi connectivity index (χ3v) is 4.74. The molecule has 0 aliphatic rings. The summed E-state index contributed by atoms with van der Waals surface area (Å²) in [5.41, 5.74) is 2.69. The van der Waals surface area contributed by atoms with Gasteiger partial charge in [-0.3, -0.25) is 4.79 Å². The van der Waals surface area contributed by atoms with Crippen LogP contribution in [0.15, 0.2) is 66.0 Å². The monoisotopic (exact) mass is 351 g/mol. The van der Waals surface area contributed by atoms with Crippen LogP contribution in [0.25, 0.3) is 0 Å². The number of ether oxygens (including phenoxy) is 1. The van der Waals surface area contributed by atoms with E-state index in [1.165, 1.54) is 5.56 Å². The molecule has 0 atom stereocenters. The number of anilines is 1. The highest BCUT2D eigenvalue weighted by atomic mass is 32.1. The minimum absolute atomic E-state index is 0.0289. The van der Waals surface area contributed by atoms with E-state index in [-0.39, 0.29) is 5.91 Å². The molecule has 2 aromatic carbocycles. The first-order valence-corrected chi connectivity index (χ1v) is 9.19. The number of rotatable bonds is 6. The molecule has 0 radical (unpaired) electrons. The van der Waals surface area contributed by atoms with E-state index in [2.05, 4.69) is 6.07 Å². The van der Waals surface area contributed by atoms with Gasteiger partial charge in [-0.2, -0.15) is 0 Å². The highest BCUT2D eigenvalue weighted by Crippen LogP contribution is 2.24. The van der Waals surface area contributed by atoms with E-state index in [4.69, 9.17) is 4.74 Å². The van der Waals surface area contributed by atoms with Crippen molar-refractivity contribution in [2.45, 2.75) is 20.4 Å². The van der Waals surface area contributed by atoms with Crippen molar-refractivity contribution < 1.29 is 9.53 Å². The summed E-state index contributed by atoms with van der Waals surface area (Å²) in [5, 5.41) is 2.03. The van der Waals surface area contributed by atoms with Crippen LogP contribution in [0, 0.1) is 6.92 Å². The van der Waals surface area contributed by atoms with Crippen molar-refractivity contribution in [2.24, 2.45) is 0 Å². The number of carbonyl (C=O) groups excluding carboxylic acids is 1. The van der Waals surface area contributed by atoms with Crippen LogP contribution in [0.2, 0.25) is 0 Å². The van der Waals surface area contributed by atoms with Crippen molar-refractivity contribution in [3.05, 3.63) is 82.0 Å². The van der Waals surface area contributed by atoms with Crippen molar-refractivity contribution in [2.75, 3.05) is 11.5 Å². The number of aryl methyl sites for hydroxylation is 1. The second-order valence-corrected chi connectivity index (χ2v) is 6.80. The van der Waals surface area contributed by atoms with Crippen LogP contribution in [-0.4, -0.2) is 12.5 Å². The SMILES string of the molecule is CCOc1cccc(C(=O)N(Cc2cccs2)c2ccc(C)cc2)c1. The molecule has 1 amide bonds. The fourth-order valence-corrected chi connectivity index (χ4v) is 3.30. The number of benzene rings is 2. The third kappa shape index (κ3) is 4.28. The molecule has 25 heavy (non-hydrogen) atoms. The summed E-state index contributed by atoms with van der Waals surface area (Å²) in [5.74, 6) is 0.687. The number of nitrogens with zero attached hydrogens (tertiary/aromatic N) is 1. The summed E-state index contributed by atoms with van der Waals surface area (Å²) >= 11 is 1.65. The molecule has 0 aliphatic heterocycles. The van der Waals surface area contributed by atoms with Crippen LogP contribution in [0.5, 0.6) is 5.75 Å². The second kappa shape index (κ2) is 7.99. The maximum atomic E-state index is 13.2. The topological polar surface area (TPSA) is 29.5 Å². The van der Waals surface area contributed by atoms with Crippen molar-refractivity contribution in [1.29, 1.82) is 0 Å². The van der Waals surface area contributed by atoms with Crippen molar-refractivity contribution in [3.63, 3.8) is 0 Å². The van der Waals surface area contributed by atoms with Crippen LogP contribution in [0.4, 0.5) is 5.69 Å². The molecule has 0 fully saturated rings. The first kappa shape index (κ1) is 17.2. The van der Waals surface area contributed by atoms with E-state index >= 15 is 0 Å². The lowest BCUT2D eigenvalue weighted by atomic mass is 10.1. The van der Waals surface area contributed by atoms with Gasteiger partial charge < -0.3 is 9.64 Å². The molecule has 0 spiro atoms. The molecule has 0 bridgehead atoms. The predicted octanol–water partition coefficient (Wildman–Crippen LogP) is 5.30. The van der Waals surface area contributed by atoms with Gasteiger partial charge in [-0.15, -0.1) is 11.3 Å². The molecule has 128 valence electrons. The Morgan fingerprint density at radius 2 is 1.88 bits per heavy atom. The highest BCUT2D eigenvalue weighted by Gasteiger charge is 2.19. The Labute approximate surface area is 152 Å². The number of thiophene rings is 1. The molecular formula is C21H21NO2S. The Morgan fingerprint density at radius 3 is 2.56 bits per heavy atom. The molecule has 1 heterocycles. The van der Waals surface area contributed by atoms with Crippen molar-refractivity contribution in [3.8, 4) is 5.75 Å². The quantitative estimate of drug-likeness (QED) is 0.603. The Balaban J connectivity index is 1.94. The van der Waals surface area contributed by atoms with Gasteiger partial charge in [-0.05, 0) is 55.6 Å². The normalized spacial score (nSPS) is 10.5. The summed E-state index contributed by atoms with van der Waals surface area (Å²) in [4.78, 5) is 16.2. The summed E-state index contributed by atoms with van der Waals surface area (Å²) in [6.45, 7) is 5.11. The van der Waals surface area contributed by atoms with Crippen LogP contribution in [0.1, 0.15) is 27.7 Å². The van der Waals surface area contributed by atoms with Gasteiger partial charge in [-0.1, -0.05) is 29.8 Å². The van der Waals surface area contributed by atoms with Crippen LogP contribution >= 0.6 is 11.3 Å². The highest BCUT2D eigenvalue weighted by molar-refractivity contribution is 7.09. The minimum Gasteiger partial charge on any atom is -0.494 e. The first-order valence-electron chi connectivity index (χ1n) is 8.31. The third-order valence-electron chi connectivity index (χ3n) is 3.88. The molecule has 3 rings (SSSR count). The number of carbonyl (C=O) groups is 1. The molecular weight excluding hydrogens is 330 g/mol. The van der Waals surface area contributed by atoms with Crippen molar-refractivity contribution >= 4 is 22.9 Å². The van der Waals surface area contributed by atoms with E-state index in [0.717, 1.165) is 10.6 Å². The van der Waals surface area contributed by atoms with Gasteiger partial charge in [0.2, 0.25) is 0 Å². The summed E-state index contributed by atoms with van der Waals surface area (Å²) in [7, 11) is 0. The van der Waals surface area contributed by atoms with E-state index in [0.29, 0.717) is 24.5 Å². The number of amides is 1. The molecule has 0 aliphatic carbocycles. The molecule has 0 unspecified atom stereocenters. The van der Waals surface area contributed by atoms with Gasteiger partial charge in [-0.25, -0.2) is 0 Å². The van der Waals surface area contributed by atoms with Gasteiger partial charge in [0.15, 0.2) is 0 Å². The second-order valence-electron chi connectivity index (χ2n) is 5.77. The maximum absolute atomic E-state index is 13.2. The van der Waals surface area contributed by atoms with Gasteiger partial charge in [0.25, 0.3) is 5.91 Å². The molecule has 3 aromatic rings. The largest absolute Gasteiger partial charge is 0.494 e. The molecule has 3 nitrogen and oxygen atoms in total. The van der Waals surface area contributed by atoms with Gasteiger partial charge in [0.1, 0.15) is 5.75 Å². The van der Waals surface area contributed by atoms with Gasteiger partial charge in [0, 0.05) is 16.1 Å². The molecule has 4 heteroatoms. The van der Waals surface area contributed by atoms with E-state index in [1.54, 1.807) is 17.4 Å². The molecule has 0 saturated carbocycles. The van der Waals surface area contributed by atoms with E-state index < -0.39 is 0 Å². The summed E-state index contributed by atoms with van der Waals surface area (Å²) in [6, 6.07) is 19.5. The van der Waals surface area contributed by atoms with Gasteiger partial charge in [0.05, 0.1) is 13.2 Å². The number of hydrogen-bond acceptors (Lipinski definition) is 3. The average Bonchev–Trinajstić information content (AvgIpc) is 3.14. The Kier molecular flexibility index (Phi) is 5.51. The summed E-state index contributed by atoms with van der Waals surface area (Å²) in [6.07, 6.45) is 0. The summed E-state index contributed by atoms with van der Waals surface area (Å²) < 4.78 is 5.54. The lowest BCUT2D eigenvalue weighted by molar-refractivity contribution is 0.0985. The number of hydrogen-bond donors (Lipinski definition) is 0. The Hall–Kier alpha value is -2.59. The zero-order valence-corrected chi connectivity index (χ0v) is 15.3. The zero-order chi connectivity index (χ0) is 17.6. The fraction of sp³-hybridized carbons (Fsp3) is 0.190. The zero-order valence-electron chi connectivity index (χ0n) is 14.4. The fourth-order valence-electron chi connectivity index (χ4n) is 2.60. The predicted molar refractivity (Wildman–Crippen MR) is 104 cm³/mol. The van der Waals surface area contributed by atoms with E-state index in [1.807, 2.05) is 72.7 Å². The van der Waals surface area contributed by atoms with Crippen LogP contribution in [-0.2, 0) is 6.54 Å². The molecule has 1 aromatic heterocycles. The van der Waals surface area contributed by atoms with Crippen LogP contribution in [0.3, 0.4) is 0 Å². The smallest absolute Gasteiger partial charge is 0.258 e. The molecule has 0 N–H and O–H groups in total. The Bertz CT molecular complexity index is 825. The first-order chi connectivity index (χ1) is 12.2. The van der Waals surface area contributed by atoms with E-state index in [9.17, 15) is 4.79 Å². The lowest BCUT2D eigenvalue weighted by Crippen LogP contribution is -2.30. The lowest BCUT2D eigenvalue weighted by Gasteiger charge is -2.23. The van der Waals surface area contributed by atoms with Crippen LogP contribution < -0.4 is 9.64 Å². The maximum Gasteiger partial charge on any atom is 0.258 e. The average molecular weight is 351 g/mol.